The third kappa shape index (κ3) is 3.68. The maximum absolute atomic E-state index is 12.8. The highest BCUT2D eigenvalue weighted by atomic mass is 19.1. The molecule has 2 heterocycles. The lowest BCUT2D eigenvalue weighted by atomic mass is 10.1. The lowest BCUT2D eigenvalue weighted by Gasteiger charge is -2.02. The van der Waals surface area contributed by atoms with Crippen molar-refractivity contribution in [3.05, 3.63) is 59.1 Å². The fourth-order valence-electron chi connectivity index (χ4n) is 2.23. The van der Waals surface area contributed by atoms with E-state index in [2.05, 4.69) is 10.2 Å². The Bertz CT molecular complexity index is 852. The van der Waals surface area contributed by atoms with Gasteiger partial charge in [0.25, 0.3) is 11.8 Å². The quantitative estimate of drug-likeness (QED) is 0.667. The van der Waals surface area contributed by atoms with Crippen LogP contribution >= 0.6 is 0 Å². The molecule has 3 aromatic rings. The van der Waals surface area contributed by atoms with Crippen molar-refractivity contribution >= 4 is 5.97 Å². The van der Waals surface area contributed by atoms with Crippen LogP contribution in [0.5, 0.6) is 0 Å². The van der Waals surface area contributed by atoms with Crippen molar-refractivity contribution in [2.24, 2.45) is 0 Å². The van der Waals surface area contributed by atoms with Gasteiger partial charge in [0.1, 0.15) is 17.3 Å². The smallest absolute Gasteiger partial charge is 0.310 e. The Balaban J connectivity index is 1.58. The molecule has 0 fully saturated rings. The molecular formula is C17H15FN2O4. The first-order chi connectivity index (χ1) is 11.5. The van der Waals surface area contributed by atoms with Gasteiger partial charge in [-0.3, -0.25) is 4.79 Å². The van der Waals surface area contributed by atoms with E-state index in [4.69, 9.17) is 13.6 Å². The van der Waals surface area contributed by atoms with E-state index in [1.807, 2.05) is 6.92 Å². The number of aromatic nitrogens is 2. The Hall–Kier alpha value is -2.96. The van der Waals surface area contributed by atoms with Crippen molar-refractivity contribution in [1.29, 1.82) is 0 Å². The van der Waals surface area contributed by atoms with Gasteiger partial charge in [-0.15, -0.1) is 10.2 Å². The lowest BCUT2D eigenvalue weighted by Crippen LogP contribution is -2.08. The van der Waals surface area contributed by atoms with E-state index in [9.17, 15) is 9.18 Å². The molecule has 7 heteroatoms. The number of furan rings is 1. The molecule has 0 aliphatic heterocycles. The van der Waals surface area contributed by atoms with E-state index < -0.39 is 5.97 Å². The molecule has 0 aliphatic rings. The van der Waals surface area contributed by atoms with Crippen LogP contribution in [0.25, 0.3) is 11.5 Å². The van der Waals surface area contributed by atoms with Crippen LogP contribution in [0.4, 0.5) is 4.39 Å². The van der Waals surface area contributed by atoms with Crippen LogP contribution in [-0.4, -0.2) is 16.2 Å². The Morgan fingerprint density at radius 2 is 1.92 bits per heavy atom. The van der Waals surface area contributed by atoms with Gasteiger partial charge in [-0.25, -0.2) is 4.39 Å². The molecule has 0 atom stereocenters. The zero-order valence-corrected chi connectivity index (χ0v) is 13.2. The summed E-state index contributed by atoms with van der Waals surface area (Å²) in [5.74, 6) is 1.11. The number of esters is 1. The van der Waals surface area contributed by atoms with Crippen LogP contribution in [0.1, 0.15) is 23.0 Å². The summed E-state index contributed by atoms with van der Waals surface area (Å²) in [6, 6.07) is 7.45. The molecule has 0 spiro atoms. The molecule has 6 nitrogen and oxygen atoms in total. The van der Waals surface area contributed by atoms with Gasteiger partial charge in [-0.2, -0.15) is 0 Å². The van der Waals surface area contributed by atoms with Gasteiger partial charge in [0, 0.05) is 0 Å². The number of benzene rings is 1. The molecule has 1 aromatic carbocycles. The Labute approximate surface area is 137 Å². The van der Waals surface area contributed by atoms with E-state index in [0.29, 0.717) is 22.8 Å². The number of halogens is 1. The molecule has 24 heavy (non-hydrogen) atoms. The van der Waals surface area contributed by atoms with Crippen molar-refractivity contribution in [2.75, 3.05) is 0 Å². The minimum Gasteiger partial charge on any atom is -0.466 e. The third-order valence-electron chi connectivity index (χ3n) is 3.36. The van der Waals surface area contributed by atoms with Crippen LogP contribution in [-0.2, 0) is 22.6 Å². The average Bonchev–Trinajstić information content (AvgIpc) is 3.13. The van der Waals surface area contributed by atoms with Crippen molar-refractivity contribution in [2.45, 2.75) is 26.9 Å². The van der Waals surface area contributed by atoms with E-state index in [1.54, 1.807) is 13.0 Å². The van der Waals surface area contributed by atoms with Crippen LogP contribution in [0.2, 0.25) is 0 Å². The maximum atomic E-state index is 12.8. The van der Waals surface area contributed by atoms with Crippen LogP contribution in [0.15, 0.2) is 39.2 Å². The molecule has 2 aromatic heterocycles. The number of aryl methyl sites for hydroxylation is 2. The standard InChI is InChI=1S/C17H15FN2O4/c1-10-7-14(11(2)23-10)17-20-19-15(24-17)9-22-16(21)8-12-3-5-13(18)6-4-12/h3-7H,8-9H2,1-2H3. The molecular weight excluding hydrogens is 315 g/mol. The summed E-state index contributed by atoms with van der Waals surface area (Å²) in [7, 11) is 0. The Morgan fingerprint density at radius 3 is 2.58 bits per heavy atom. The summed E-state index contributed by atoms with van der Waals surface area (Å²) in [6.07, 6.45) is 0.0430. The van der Waals surface area contributed by atoms with Gasteiger partial charge >= 0.3 is 5.97 Å². The number of carbonyl (C=O) groups excluding carboxylic acids is 1. The predicted molar refractivity (Wildman–Crippen MR) is 81.4 cm³/mol. The van der Waals surface area contributed by atoms with Gasteiger partial charge in [-0.05, 0) is 37.6 Å². The van der Waals surface area contributed by atoms with Crippen LogP contribution in [0.3, 0.4) is 0 Å². The minimum absolute atomic E-state index is 0.0430. The summed E-state index contributed by atoms with van der Waals surface area (Å²) in [4.78, 5) is 11.8. The summed E-state index contributed by atoms with van der Waals surface area (Å²) >= 11 is 0. The van der Waals surface area contributed by atoms with E-state index >= 15 is 0 Å². The van der Waals surface area contributed by atoms with Crippen molar-refractivity contribution < 1.29 is 22.8 Å². The SMILES string of the molecule is Cc1cc(-c2nnc(COC(=O)Cc3ccc(F)cc3)o2)c(C)o1. The molecule has 0 unspecified atom stereocenters. The summed E-state index contributed by atoms with van der Waals surface area (Å²) in [6.45, 7) is 3.50. The molecule has 0 amide bonds. The number of hydrogen-bond acceptors (Lipinski definition) is 6. The van der Waals surface area contributed by atoms with Gasteiger partial charge in [-0.1, -0.05) is 12.1 Å². The monoisotopic (exact) mass is 330 g/mol. The number of carbonyl (C=O) groups is 1. The Morgan fingerprint density at radius 1 is 1.17 bits per heavy atom. The maximum Gasteiger partial charge on any atom is 0.310 e. The lowest BCUT2D eigenvalue weighted by molar-refractivity contribution is -0.144. The molecule has 0 bridgehead atoms. The van der Waals surface area contributed by atoms with Crippen LogP contribution in [0, 0.1) is 19.7 Å². The molecule has 0 saturated heterocycles. The fraction of sp³-hybridized carbons (Fsp3) is 0.235. The second kappa shape index (κ2) is 6.66. The normalized spacial score (nSPS) is 10.8. The van der Waals surface area contributed by atoms with E-state index in [-0.39, 0.29) is 24.7 Å². The number of ether oxygens (including phenoxy) is 1. The van der Waals surface area contributed by atoms with Crippen molar-refractivity contribution in [3.63, 3.8) is 0 Å². The first-order valence-electron chi connectivity index (χ1n) is 7.31. The molecule has 3 rings (SSSR count). The van der Waals surface area contributed by atoms with E-state index in [1.165, 1.54) is 24.3 Å². The summed E-state index contributed by atoms with van der Waals surface area (Å²) < 4.78 is 28.8. The first kappa shape index (κ1) is 15.9. The van der Waals surface area contributed by atoms with Crippen molar-refractivity contribution in [3.8, 4) is 11.5 Å². The fourth-order valence-corrected chi connectivity index (χ4v) is 2.23. The van der Waals surface area contributed by atoms with Gasteiger partial charge < -0.3 is 13.6 Å². The van der Waals surface area contributed by atoms with Gasteiger partial charge in [0.2, 0.25) is 0 Å². The zero-order valence-electron chi connectivity index (χ0n) is 13.2. The topological polar surface area (TPSA) is 78.4 Å². The minimum atomic E-state index is -0.461. The van der Waals surface area contributed by atoms with E-state index in [0.717, 1.165) is 5.76 Å². The second-order valence-corrected chi connectivity index (χ2v) is 5.29. The number of nitrogens with zero attached hydrogens (tertiary/aromatic N) is 2. The highest BCUT2D eigenvalue weighted by molar-refractivity contribution is 5.72. The summed E-state index contributed by atoms with van der Waals surface area (Å²) in [5, 5.41) is 7.77. The largest absolute Gasteiger partial charge is 0.466 e. The average molecular weight is 330 g/mol. The predicted octanol–water partition coefficient (Wildman–Crippen LogP) is 3.37. The number of hydrogen-bond donors (Lipinski definition) is 0. The molecule has 0 radical (unpaired) electrons. The van der Waals surface area contributed by atoms with Gasteiger partial charge in [0.15, 0.2) is 6.61 Å². The number of rotatable bonds is 5. The molecule has 0 aliphatic carbocycles. The first-order valence-corrected chi connectivity index (χ1v) is 7.31. The highest BCUT2D eigenvalue weighted by Crippen LogP contribution is 2.25. The van der Waals surface area contributed by atoms with Crippen LogP contribution < -0.4 is 0 Å². The highest BCUT2D eigenvalue weighted by Gasteiger charge is 2.15. The van der Waals surface area contributed by atoms with Gasteiger partial charge in [0.05, 0.1) is 12.0 Å². The zero-order chi connectivity index (χ0) is 17.1. The molecule has 0 saturated carbocycles. The third-order valence-corrected chi connectivity index (χ3v) is 3.36. The molecule has 124 valence electrons. The Kier molecular flexibility index (Phi) is 4.41. The second-order valence-electron chi connectivity index (χ2n) is 5.29. The van der Waals surface area contributed by atoms with Crippen molar-refractivity contribution in [1.82, 2.24) is 10.2 Å². The molecule has 0 N–H and O–H groups in total. The summed E-state index contributed by atoms with van der Waals surface area (Å²) in [5.41, 5.74) is 1.38.